The van der Waals surface area contributed by atoms with Crippen LogP contribution in [0.3, 0.4) is 0 Å². The number of hydrogen-bond donors (Lipinski definition) is 0. The van der Waals surface area contributed by atoms with Gasteiger partial charge in [-0.15, -0.1) is 0 Å². The van der Waals surface area contributed by atoms with Gasteiger partial charge >= 0.3 is 5.97 Å². The largest absolute Gasteiger partial charge is 0.460 e. The van der Waals surface area contributed by atoms with Crippen LogP contribution in [0.25, 0.3) is 5.57 Å². The molecule has 0 aliphatic heterocycles. The van der Waals surface area contributed by atoms with E-state index in [1.165, 1.54) is 0 Å². The van der Waals surface area contributed by atoms with Crippen LogP contribution in [0.15, 0.2) is 48.7 Å². The molecule has 3 rings (SSSR count). The first-order chi connectivity index (χ1) is 10.7. The molecule has 114 valence electrons. The van der Waals surface area contributed by atoms with Gasteiger partial charge in [0.25, 0.3) is 0 Å². The van der Waals surface area contributed by atoms with Gasteiger partial charge in [0.05, 0.1) is 11.6 Å². The summed E-state index contributed by atoms with van der Waals surface area (Å²) in [6.45, 7) is 0.336. The Labute approximate surface area is 130 Å². The quantitative estimate of drug-likeness (QED) is 0.813. The summed E-state index contributed by atoms with van der Waals surface area (Å²) >= 11 is 0. The molecule has 0 bridgehead atoms. The van der Waals surface area contributed by atoms with Crippen molar-refractivity contribution in [2.24, 2.45) is 13.0 Å². The number of hydrogen-bond acceptors (Lipinski definition) is 3. The highest BCUT2D eigenvalue weighted by Gasteiger charge is 2.23. The molecule has 1 unspecified atom stereocenters. The maximum Gasteiger partial charge on any atom is 0.313 e. The van der Waals surface area contributed by atoms with Crippen molar-refractivity contribution in [1.82, 2.24) is 9.78 Å². The molecule has 1 heterocycles. The Morgan fingerprint density at radius 1 is 1.32 bits per heavy atom. The van der Waals surface area contributed by atoms with Crippen molar-refractivity contribution in [2.75, 3.05) is 0 Å². The molecule has 0 N–H and O–H groups in total. The lowest BCUT2D eigenvalue weighted by Crippen LogP contribution is -2.18. The molecule has 1 aliphatic carbocycles. The van der Waals surface area contributed by atoms with Crippen molar-refractivity contribution in [3.63, 3.8) is 0 Å². The minimum Gasteiger partial charge on any atom is -0.460 e. The van der Waals surface area contributed by atoms with Gasteiger partial charge in [-0.2, -0.15) is 5.10 Å². The van der Waals surface area contributed by atoms with Crippen LogP contribution in [0.4, 0.5) is 0 Å². The maximum absolute atomic E-state index is 12.3. The maximum atomic E-state index is 12.3. The number of rotatable bonds is 4. The van der Waals surface area contributed by atoms with Gasteiger partial charge in [0, 0.05) is 13.2 Å². The van der Waals surface area contributed by atoms with Gasteiger partial charge in [0.1, 0.15) is 6.61 Å². The van der Waals surface area contributed by atoms with E-state index >= 15 is 0 Å². The number of nitrogens with zero attached hydrogens (tertiary/aromatic N) is 2. The minimum atomic E-state index is -0.158. The lowest BCUT2D eigenvalue weighted by atomic mass is 9.89. The molecule has 0 fully saturated rings. The Hall–Kier alpha value is -2.36. The lowest BCUT2D eigenvalue weighted by molar-refractivity contribution is -0.148. The van der Waals surface area contributed by atoms with E-state index in [4.69, 9.17) is 4.74 Å². The highest BCUT2D eigenvalue weighted by Crippen LogP contribution is 2.29. The van der Waals surface area contributed by atoms with E-state index in [1.54, 1.807) is 4.68 Å². The molecular weight excluding hydrogens is 276 g/mol. The van der Waals surface area contributed by atoms with E-state index in [0.717, 1.165) is 36.1 Å². The van der Waals surface area contributed by atoms with Gasteiger partial charge in [-0.25, -0.2) is 0 Å². The van der Waals surface area contributed by atoms with Crippen molar-refractivity contribution < 1.29 is 9.53 Å². The van der Waals surface area contributed by atoms with E-state index in [-0.39, 0.29) is 11.9 Å². The zero-order valence-electron chi connectivity index (χ0n) is 12.7. The van der Waals surface area contributed by atoms with E-state index in [0.29, 0.717) is 6.61 Å². The average Bonchev–Trinajstić information content (AvgIpc) is 3.00. The predicted octanol–water partition coefficient (Wildman–Crippen LogP) is 3.35. The highest BCUT2D eigenvalue weighted by atomic mass is 16.5. The fraction of sp³-hybridized carbons (Fsp3) is 0.333. The van der Waals surface area contributed by atoms with Crippen LogP contribution in [0.5, 0.6) is 0 Å². The molecule has 0 amide bonds. The first-order valence-electron chi connectivity index (χ1n) is 7.63. The highest BCUT2D eigenvalue weighted by molar-refractivity contribution is 5.78. The zero-order valence-corrected chi connectivity index (χ0v) is 12.7. The van der Waals surface area contributed by atoms with Gasteiger partial charge in [-0.05, 0) is 36.5 Å². The molecule has 1 aromatic heterocycles. The standard InChI is InChI=1S/C18H20N2O2/c1-20-11-10-17(19-20)15-8-5-9-16(12-15)18(21)22-13-14-6-3-2-4-7-14/h2-4,6-7,10-12,16H,5,8-9,13H2,1H3. The number of carbonyl (C=O) groups is 1. The van der Waals surface area contributed by atoms with Crippen LogP contribution in [0, 0.1) is 5.92 Å². The van der Waals surface area contributed by atoms with Crippen LogP contribution < -0.4 is 0 Å². The molecule has 1 atom stereocenters. The van der Waals surface area contributed by atoms with Gasteiger partial charge in [-0.3, -0.25) is 9.48 Å². The van der Waals surface area contributed by atoms with Crippen LogP contribution in [-0.2, 0) is 23.2 Å². The fourth-order valence-corrected chi connectivity index (χ4v) is 2.74. The Bertz CT molecular complexity index is 673. The third kappa shape index (κ3) is 3.45. The minimum absolute atomic E-state index is 0.142. The smallest absolute Gasteiger partial charge is 0.313 e. The fourth-order valence-electron chi connectivity index (χ4n) is 2.74. The number of ether oxygens (including phenoxy) is 1. The van der Waals surface area contributed by atoms with E-state index < -0.39 is 0 Å². The number of allylic oxidation sites excluding steroid dienone is 1. The van der Waals surface area contributed by atoms with Gasteiger partial charge in [0.2, 0.25) is 0 Å². The number of esters is 1. The molecule has 4 heteroatoms. The average molecular weight is 296 g/mol. The summed E-state index contributed by atoms with van der Waals surface area (Å²) in [6.07, 6.45) is 6.77. The summed E-state index contributed by atoms with van der Waals surface area (Å²) < 4.78 is 7.23. The second-order valence-electron chi connectivity index (χ2n) is 5.66. The van der Waals surface area contributed by atoms with Crippen molar-refractivity contribution >= 4 is 11.5 Å². The molecule has 1 aliphatic rings. The van der Waals surface area contributed by atoms with Gasteiger partial charge in [-0.1, -0.05) is 36.4 Å². The van der Waals surface area contributed by atoms with E-state index in [2.05, 4.69) is 5.10 Å². The topological polar surface area (TPSA) is 44.1 Å². The first kappa shape index (κ1) is 14.6. The van der Waals surface area contributed by atoms with Crippen molar-refractivity contribution in [1.29, 1.82) is 0 Å². The molecule has 4 nitrogen and oxygen atoms in total. The Balaban J connectivity index is 1.64. The molecule has 0 spiro atoms. The monoisotopic (exact) mass is 296 g/mol. The normalized spacial score (nSPS) is 17.9. The van der Waals surface area contributed by atoms with E-state index in [1.807, 2.05) is 55.7 Å². The Morgan fingerprint density at radius 2 is 2.14 bits per heavy atom. The summed E-state index contributed by atoms with van der Waals surface area (Å²) in [7, 11) is 1.90. The second-order valence-corrected chi connectivity index (χ2v) is 5.66. The zero-order chi connectivity index (χ0) is 15.4. The summed E-state index contributed by atoms with van der Waals surface area (Å²) in [4.78, 5) is 12.3. The molecule has 1 aromatic carbocycles. The van der Waals surface area contributed by atoms with Crippen LogP contribution >= 0.6 is 0 Å². The third-order valence-electron chi connectivity index (χ3n) is 3.93. The molecule has 0 saturated carbocycles. The van der Waals surface area contributed by atoms with Crippen molar-refractivity contribution in [2.45, 2.75) is 25.9 Å². The van der Waals surface area contributed by atoms with Crippen LogP contribution in [0.2, 0.25) is 0 Å². The third-order valence-corrected chi connectivity index (χ3v) is 3.93. The van der Waals surface area contributed by atoms with Crippen molar-refractivity contribution in [3.05, 3.63) is 59.9 Å². The molecule has 22 heavy (non-hydrogen) atoms. The molecule has 0 radical (unpaired) electrons. The Morgan fingerprint density at radius 3 is 2.86 bits per heavy atom. The SMILES string of the molecule is Cn1ccc(C2=CC(C(=O)OCc3ccccc3)CCC2)n1. The number of benzene rings is 1. The number of aromatic nitrogens is 2. The number of aryl methyl sites for hydroxylation is 1. The van der Waals surface area contributed by atoms with Gasteiger partial charge < -0.3 is 4.74 Å². The second kappa shape index (κ2) is 6.60. The Kier molecular flexibility index (Phi) is 4.37. The lowest BCUT2D eigenvalue weighted by Gasteiger charge is -2.19. The van der Waals surface area contributed by atoms with Crippen molar-refractivity contribution in [3.8, 4) is 0 Å². The van der Waals surface area contributed by atoms with Crippen LogP contribution in [0.1, 0.15) is 30.5 Å². The summed E-state index contributed by atoms with van der Waals surface area (Å²) in [5.41, 5.74) is 3.12. The first-order valence-corrected chi connectivity index (χ1v) is 7.63. The summed E-state index contributed by atoms with van der Waals surface area (Å²) in [5.74, 6) is -0.300. The predicted molar refractivity (Wildman–Crippen MR) is 84.8 cm³/mol. The molecular formula is C18H20N2O2. The van der Waals surface area contributed by atoms with Gasteiger partial charge in [0.15, 0.2) is 0 Å². The molecule has 2 aromatic rings. The summed E-state index contributed by atoms with van der Waals surface area (Å²) in [6, 6.07) is 11.8. The number of carbonyl (C=O) groups excluding carboxylic acids is 1. The van der Waals surface area contributed by atoms with E-state index in [9.17, 15) is 4.79 Å². The van der Waals surface area contributed by atoms with Crippen LogP contribution in [-0.4, -0.2) is 15.7 Å². The summed E-state index contributed by atoms with van der Waals surface area (Å²) in [5, 5.41) is 4.42. The molecule has 0 saturated heterocycles.